The van der Waals surface area contributed by atoms with Gasteiger partial charge >= 0.3 is 5.97 Å². The molecule has 2 aliphatic heterocycles. The molecule has 0 radical (unpaired) electrons. The van der Waals surface area contributed by atoms with Crippen molar-refractivity contribution in [1.82, 2.24) is 20.0 Å². The van der Waals surface area contributed by atoms with E-state index in [-0.39, 0.29) is 55.7 Å². The second kappa shape index (κ2) is 9.24. The van der Waals surface area contributed by atoms with E-state index in [2.05, 4.69) is 10.4 Å². The lowest BCUT2D eigenvalue weighted by Gasteiger charge is -2.44. The first-order valence-electron chi connectivity index (χ1n) is 12.2. The maximum atomic E-state index is 13.7. The standard InChI is InChI=1S/C25H30N4O6/c1-3-33-23(31)18-12-19-22(30)28(13-16-9-10-20-21(11-16)35-15-34-20)25(2,14-29(19)27-18)24(32)26-17-7-5-4-6-8-17/h9-12,17H,3-8,13-15H2,1-2H3,(H,26,32)/t25-/m0/s1. The Kier molecular flexibility index (Phi) is 6.12. The second-order valence-electron chi connectivity index (χ2n) is 9.45. The highest BCUT2D eigenvalue weighted by Gasteiger charge is 2.48. The van der Waals surface area contributed by atoms with Crippen LogP contribution in [0.4, 0.5) is 0 Å². The van der Waals surface area contributed by atoms with Crippen LogP contribution in [0.2, 0.25) is 0 Å². The summed E-state index contributed by atoms with van der Waals surface area (Å²) in [7, 11) is 0. The average molecular weight is 483 g/mol. The lowest BCUT2D eigenvalue weighted by molar-refractivity contribution is -0.134. The van der Waals surface area contributed by atoms with Gasteiger partial charge in [0.2, 0.25) is 12.7 Å². The number of aromatic nitrogens is 2. The number of benzene rings is 1. The SMILES string of the molecule is CCOC(=O)c1cc2n(n1)C[C@@](C)(C(=O)NC1CCCCC1)N(Cc1ccc3c(c1)OCO3)C2=O. The molecule has 35 heavy (non-hydrogen) atoms. The van der Waals surface area contributed by atoms with E-state index in [1.54, 1.807) is 24.8 Å². The fourth-order valence-corrected chi connectivity index (χ4v) is 5.00. The number of nitrogens with one attached hydrogen (secondary N) is 1. The van der Waals surface area contributed by atoms with Crippen molar-refractivity contribution in [2.75, 3.05) is 13.4 Å². The van der Waals surface area contributed by atoms with Crippen molar-refractivity contribution in [3.05, 3.63) is 41.2 Å². The van der Waals surface area contributed by atoms with Crippen molar-refractivity contribution >= 4 is 17.8 Å². The zero-order valence-electron chi connectivity index (χ0n) is 20.0. The molecule has 1 aromatic carbocycles. The first kappa shape index (κ1) is 23.2. The molecule has 1 fully saturated rings. The molecule has 186 valence electrons. The van der Waals surface area contributed by atoms with Gasteiger partial charge in [-0.1, -0.05) is 25.3 Å². The van der Waals surface area contributed by atoms with E-state index in [9.17, 15) is 14.4 Å². The minimum Gasteiger partial charge on any atom is -0.461 e. The van der Waals surface area contributed by atoms with Gasteiger partial charge < -0.3 is 24.4 Å². The number of esters is 1. The number of ether oxygens (including phenoxy) is 3. The molecule has 2 amide bonds. The Labute approximate surface area is 203 Å². The summed E-state index contributed by atoms with van der Waals surface area (Å²) < 4.78 is 17.4. The molecule has 3 aliphatic rings. The predicted molar refractivity (Wildman–Crippen MR) is 124 cm³/mol. The van der Waals surface area contributed by atoms with Gasteiger partial charge in [0.1, 0.15) is 11.2 Å². The molecule has 1 saturated carbocycles. The smallest absolute Gasteiger partial charge is 0.358 e. The van der Waals surface area contributed by atoms with Crippen LogP contribution in [0.15, 0.2) is 24.3 Å². The van der Waals surface area contributed by atoms with Crippen molar-refractivity contribution < 1.29 is 28.6 Å². The van der Waals surface area contributed by atoms with Crippen molar-refractivity contribution in [3.63, 3.8) is 0 Å². The van der Waals surface area contributed by atoms with E-state index in [1.165, 1.54) is 17.2 Å². The summed E-state index contributed by atoms with van der Waals surface area (Å²) in [6.07, 6.45) is 5.18. The highest BCUT2D eigenvalue weighted by atomic mass is 16.7. The molecule has 1 aliphatic carbocycles. The molecule has 2 aromatic rings. The topological polar surface area (TPSA) is 112 Å². The number of rotatable bonds is 6. The van der Waals surface area contributed by atoms with E-state index in [0.717, 1.165) is 31.2 Å². The predicted octanol–water partition coefficient (Wildman–Crippen LogP) is 2.65. The summed E-state index contributed by atoms with van der Waals surface area (Å²) in [5, 5.41) is 7.49. The van der Waals surface area contributed by atoms with Gasteiger partial charge in [-0.05, 0) is 44.4 Å². The Balaban J connectivity index is 1.48. The lowest BCUT2D eigenvalue weighted by Crippen LogP contribution is -2.64. The van der Waals surface area contributed by atoms with Gasteiger partial charge in [0.05, 0.1) is 13.2 Å². The number of amides is 2. The van der Waals surface area contributed by atoms with Crippen LogP contribution in [-0.4, -0.2) is 57.4 Å². The fraction of sp³-hybridized carbons (Fsp3) is 0.520. The molecule has 1 atom stereocenters. The lowest BCUT2D eigenvalue weighted by atomic mass is 9.91. The quantitative estimate of drug-likeness (QED) is 0.630. The van der Waals surface area contributed by atoms with Crippen molar-refractivity contribution in [3.8, 4) is 11.5 Å². The Morgan fingerprint density at radius 1 is 1.17 bits per heavy atom. The van der Waals surface area contributed by atoms with Crippen molar-refractivity contribution in [1.29, 1.82) is 0 Å². The van der Waals surface area contributed by atoms with Crippen LogP contribution in [-0.2, 0) is 22.6 Å². The van der Waals surface area contributed by atoms with Gasteiger partial charge in [-0.3, -0.25) is 14.3 Å². The first-order valence-corrected chi connectivity index (χ1v) is 12.2. The highest BCUT2D eigenvalue weighted by Crippen LogP contribution is 2.35. The maximum absolute atomic E-state index is 13.7. The van der Waals surface area contributed by atoms with E-state index >= 15 is 0 Å². The first-order chi connectivity index (χ1) is 16.9. The van der Waals surface area contributed by atoms with Gasteiger partial charge in [0.25, 0.3) is 5.91 Å². The van der Waals surface area contributed by atoms with Crippen LogP contribution < -0.4 is 14.8 Å². The Morgan fingerprint density at radius 3 is 2.71 bits per heavy atom. The molecule has 3 heterocycles. The monoisotopic (exact) mass is 482 g/mol. The van der Waals surface area contributed by atoms with E-state index in [4.69, 9.17) is 14.2 Å². The number of hydrogen-bond acceptors (Lipinski definition) is 7. The summed E-state index contributed by atoms with van der Waals surface area (Å²) in [5.74, 6) is 0.0529. The molecule has 10 heteroatoms. The Morgan fingerprint density at radius 2 is 1.94 bits per heavy atom. The van der Waals surface area contributed by atoms with Gasteiger partial charge in [-0.25, -0.2) is 4.79 Å². The summed E-state index contributed by atoms with van der Waals surface area (Å²) in [6.45, 7) is 4.12. The molecule has 1 N–H and O–H groups in total. The van der Waals surface area contributed by atoms with E-state index < -0.39 is 11.5 Å². The summed E-state index contributed by atoms with van der Waals surface area (Å²) >= 11 is 0. The minimum absolute atomic E-state index is 0.0511. The largest absolute Gasteiger partial charge is 0.461 e. The normalized spacial score (nSPS) is 21.5. The van der Waals surface area contributed by atoms with Crippen LogP contribution in [0.5, 0.6) is 11.5 Å². The molecule has 10 nitrogen and oxygen atoms in total. The number of carbonyl (C=O) groups excluding carboxylic acids is 3. The second-order valence-corrected chi connectivity index (χ2v) is 9.45. The third-order valence-electron chi connectivity index (χ3n) is 6.99. The molecule has 0 spiro atoms. The molecule has 0 saturated heterocycles. The highest BCUT2D eigenvalue weighted by molar-refractivity contribution is 6.01. The zero-order valence-corrected chi connectivity index (χ0v) is 20.0. The molecular weight excluding hydrogens is 452 g/mol. The number of nitrogens with zero attached hydrogens (tertiary/aromatic N) is 3. The number of hydrogen-bond donors (Lipinski definition) is 1. The molecule has 0 unspecified atom stereocenters. The Hall–Kier alpha value is -3.56. The van der Waals surface area contributed by atoms with Crippen LogP contribution in [0.1, 0.15) is 72.5 Å². The van der Waals surface area contributed by atoms with Crippen LogP contribution in [0.3, 0.4) is 0 Å². The van der Waals surface area contributed by atoms with Gasteiger partial charge in [-0.2, -0.15) is 5.10 Å². The Bertz CT molecular complexity index is 1150. The molecule has 5 rings (SSSR count). The molecule has 0 bridgehead atoms. The molecule has 1 aromatic heterocycles. The van der Waals surface area contributed by atoms with Gasteiger partial charge in [-0.15, -0.1) is 0 Å². The van der Waals surface area contributed by atoms with Crippen LogP contribution in [0, 0.1) is 0 Å². The molecular formula is C25H30N4O6. The third kappa shape index (κ3) is 4.33. The van der Waals surface area contributed by atoms with Gasteiger partial charge in [0, 0.05) is 18.7 Å². The van der Waals surface area contributed by atoms with Crippen molar-refractivity contribution in [2.24, 2.45) is 0 Å². The third-order valence-corrected chi connectivity index (χ3v) is 6.99. The zero-order chi connectivity index (χ0) is 24.6. The van der Waals surface area contributed by atoms with E-state index in [1.807, 2.05) is 12.1 Å². The van der Waals surface area contributed by atoms with Gasteiger partial charge in [0.15, 0.2) is 17.2 Å². The summed E-state index contributed by atoms with van der Waals surface area (Å²) in [5.41, 5.74) is -0.111. The minimum atomic E-state index is -1.21. The summed E-state index contributed by atoms with van der Waals surface area (Å²) in [6, 6.07) is 7.01. The summed E-state index contributed by atoms with van der Waals surface area (Å²) in [4.78, 5) is 41.3. The van der Waals surface area contributed by atoms with Crippen LogP contribution in [0.25, 0.3) is 0 Å². The maximum Gasteiger partial charge on any atom is 0.358 e. The van der Waals surface area contributed by atoms with Crippen LogP contribution >= 0.6 is 0 Å². The number of fused-ring (bicyclic) bond motifs is 2. The fourth-order valence-electron chi connectivity index (χ4n) is 5.00. The van der Waals surface area contributed by atoms with Crippen molar-refractivity contribution in [2.45, 2.75) is 70.6 Å². The number of carbonyl (C=O) groups is 3. The average Bonchev–Trinajstić information content (AvgIpc) is 3.49. The van der Waals surface area contributed by atoms with E-state index in [0.29, 0.717) is 11.5 Å².